The Morgan fingerprint density at radius 1 is 1.25 bits per heavy atom. The zero-order valence-corrected chi connectivity index (χ0v) is 14.3. The number of hydrogen-bond acceptors (Lipinski definition) is 6. The Bertz CT molecular complexity index is 578. The molecule has 2 saturated heterocycles. The van der Waals surface area contributed by atoms with Crippen LogP contribution in [0.1, 0.15) is 19.3 Å². The fraction of sp³-hybridized carbons (Fsp3) is 0.625. The zero-order chi connectivity index (χ0) is 16.9. The van der Waals surface area contributed by atoms with Crippen LogP contribution in [0.3, 0.4) is 0 Å². The molecule has 1 amide bonds. The van der Waals surface area contributed by atoms with Crippen LogP contribution in [0.25, 0.3) is 0 Å². The number of anilines is 1. The molecule has 0 spiro atoms. The molecule has 0 aromatic carbocycles. The highest BCUT2D eigenvalue weighted by Crippen LogP contribution is 2.27. The van der Waals surface area contributed by atoms with E-state index in [1.807, 2.05) is 4.90 Å². The van der Waals surface area contributed by atoms with Gasteiger partial charge in [-0.1, -0.05) is 0 Å². The van der Waals surface area contributed by atoms with Crippen LogP contribution >= 0.6 is 11.8 Å². The molecule has 1 unspecified atom stereocenters. The SMILES string of the molecule is O=C(O)CC1CSCCN1C(=O)C1CCN(c2cnccn2)CC1. The summed E-state index contributed by atoms with van der Waals surface area (Å²) in [5, 5.41) is 9.07. The number of carbonyl (C=O) groups is 2. The lowest BCUT2D eigenvalue weighted by molar-refractivity contribution is -0.142. The minimum atomic E-state index is -0.835. The molecule has 7 nitrogen and oxygen atoms in total. The number of aliphatic carboxylic acids is 1. The number of piperidine rings is 1. The molecule has 130 valence electrons. The van der Waals surface area contributed by atoms with E-state index in [9.17, 15) is 9.59 Å². The van der Waals surface area contributed by atoms with Gasteiger partial charge in [-0.25, -0.2) is 4.98 Å². The number of hydrogen-bond donors (Lipinski definition) is 1. The summed E-state index contributed by atoms with van der Waals surface area (Å²) in [6.07, 6.45) is 6.66. The van der Waals surface area contributed by atoms with E-state index >= 15 is 0 Å². The van der Waals surface area contributed by atoms with Gasteiger partial charge in [-0.15, -0.1) is 0 Å². The van der Waals surface area contributed by atoms with Crippen molar-refractivity contribution >= 4 is 29.5 Å². The van der Waals surface area contributed by atoms with Crippen LogP contribution in [-0.4, -0.2) is 69.0 Å². The Balaban J connectivity index is 1.58. The third kappa shape index (κ3) is 3.98. The molecule has 3 heterocycles. The lowest BCUT2D eigenvalue weighted by Gasteiger charge is -2.39. The Kier molecular flexibility index (Phi) is 5.55. The molecule has 8 heteroatoms. The second-order valence-electron chi connectivity index (χ2n) is 6.18. The first-order valence-corrected chi connectivity index (χ1v) is 9.41. The fourth-order valence-corrected chi connectivity index (χ4v) is 4.42. The average Bonchev–Trinajstić information content (AvgIpc) is 2.62. The van der Waals surface area contributed by atoms with Gasteiger partial charge in [-0.05, 0) is 12.8 Å². The van der Waals surface area contributed by atoms with Crippen LogP contribution in [0, 0.1) is 5.92 Å². The van der Waals surface area contributed by atoms with E-state index in [2.05, 4.69) is 14.9 Å². The molecule has 2 aliphatic rings. The molecule has 2 fully saturated rings. The molecule has 1 aromatic heterocycles. The minimum absolute atomic E-state index is 0.0164. The number of aromatic nitrogens is 2. The summed E-state index contributed by atoms with van der Waals surface area (Å²) >= 11 is 1.73. The predicted octanol–water partition coefficient (Wildman–Crippen LogP) is 1.11. The van der Waals surface area contributed by atoms with Crippen LogP contribution in [0.4, 0.5) is 5.82 Å². The van der Waals surface area contributed by atoms with Gasteiger partial charge in [0.2, 0.25) is 5.91 Å². The van der Waals surface area contributed by atoms with Crippen LogP contribution in [0.2, 0.25) is 0 Å². The summed E-state index contributed by atoms with van der Waals surface area (Å²) in [7, 11) is 0. The number of amides is 1. The Morgan fingerprint density at radius 2 is 2.04 bits per heavy atom. The van der Waals surface area contributed by atoms with Gasteiger partial charge in [0.25, 0.3) is 0 Å². The minimum Gasteiger partial charge on any atom is -0.481 e. The Hall–Kier alpha value is -1.83. The van der Waals surface area contributed by atoms with Gasteiger partial charge in [0, 0.05) is 49.5 Å². The molecule has 24 heavy (non-hydrogen) atoms. The van der Waals surface area contributed by atoms with Gasteiger partial charge >= 0.3 is 5.97 Å². The summed E-state index contributed by atoms with van der Waals surface area (Å²) in [6, 6.07) is -0.174. The Labute approximate surface area is 145 Å². The zero-order valence-electron chi connectivity index (χ0n) is 13.5. The lowest BCUT2D eigenvalue weighted by atomic mass is 9.94. The highest BCUT2D eigenvalue weighted by molar-refractivity contribution is 7.99. The van der Waals surface area contributed by atoms with Crippen LogP contribution in [-0.2, 0) is 9.59 Å². The van der Waals surface area contributed by atoms with Gasteiger partial charge < -0.3 is 14.9 Å². The van der Waals surface area contributed by atoms with Crippen LogP contribution in [0.15, 0.2) is 18.6 Å². The molecule has 0 aliphatic carbocycles. The van der Waals surface area contributed by atoms with Crippen molar-refractivity contribution in [2.45, 2.75) is 25.3 Å². The third-order valence-corrected chi connectivity index (χ3v) is 5.73. The number of rotatable bonds is 4. The van der Waals surface area contributed by atoms with E-state index < -0.39 is 5.97 Å². The van der Waals surface area contributed by atoms with Crippen molar-refractivity contribution in [1.29, 1.82) is 0 Å². The quantitative estimate of drug-likeness (QED) is 0.870. The number of carboxylic acid groups (broad SMARTS) is 1. The maximum absolute atomic E-state index is 12.9. The third-order valence-electron chi connectivity index (χ3n) is 4.64. The van der Waals surface area contributed by atoms with Gasteiger partial charge in [-0.3, -0.25) is 14.6 Å². The molecule has 0 bridgehead atoms. The van der Waals surface area contributed by atoms with Gasteiger partial charge in [0.1, 0.15) is 5.82 Å². The molecule has 0 saturated carbocycles. The molecule has 2 aliphatic heterocycles. The van der Waals surface area contributed by atoms with Gasteiger partial charge in [-0.2, -0.15) is 11.8 Å². The standard InChI is InChI=1S/C16H22N4O3S/c21-15(22)9-13-11-24-8-7-20(13)16(23)12-1-5-19(6-2-12)14-10-17-3-4-18-14/h3-4,10,12-13H,1-2,5-9,11H2,(H,21,22). The van der Waals surface area contributed by atoms with E-state index in [0.717, 1.165) is 43.3 Å². The molecular weight excluding hydrogens is 328 g/mol. The number of carboxylic acids is 1. The van der Waals surface area contributed by atoms with E-state index in [1.54, 1.807) is 30.4 Å². The summed E-state index contributed by atoms with van der Waals surface area (Å²) in [6.45, 7) is 2.22. The highest BCUT2D eigenvalue weighted by atomic mass is 32.2. The first-order chi connectivity index (χ1) is 11.6. The maximum atomic E-state index is 12.9. The van der Waals surface area contributed by atoms with Gasteiger partial charge in [0.15, 0.2) is 0 Å². The lowest BCUT2D eigenvalue weighted by Crippen LogP contribution is -2.51. The van der Waals surface area contributed by atoms with Crippen molar-refractivity contribution in [1.82, 2.24) is 14.9 Å². The maximum Gasteiger partial charge on any atom is 0.305 e. The van der Waals surface area contributed by atoms with Crippen molar-refractivity contribution < 1.29 is 14.7 Å². The van der Waals surface area contributed by atoms with Crippen LogP contribution in [0.5, 0.6) is 0 Å². The monoisotopic (exact) mass is 350 g/mol. The first-order valence-electron chi connectivity index (χ1n) is 8.26. The van der Waals surface area contributed by atoms with Gasteiger partial charge in [0.05, 0.1) is 18.7 Å². The molecule has 1 aromatic rings. The fourth-order valence-electron chi connectivity index (χ4n) is 3.36. The molecular formula is C16H22N4O3S. The number of carbonyl (C=O) groups excluding carboxylic acids is 1. The van der Waals surface area contributed by atoms with E-state index in [1.165, 1.54) is 0 Å². The second-order valence-corrected chi connectivity index (χ2v) is 7.33. The number of thioether (sulfide) groups is 1. The summed E-state index contributed by atoms with van der Waals surface area (Å²) in [5.74, 6) is 1.73. The van der Waals surface area contributed by atoms with Crippen molar-refractivity contribution in [3.63, 3.8) is 0 Å². The summed E-state index contributed by atoms with van der Waals surface area (Å²) in [4.78, 5) is 36.3. The first kappa shape index (κ1) is 17.0. The largest absolute Gasteiger partial charge is 0.481 e. The van der Waals surface area contributed by atoms with Crippen molar-refractivity contribution in [2.24, 2.45) is 5.92 Å². The molecule has 1 N–H and O–H groups in total. The normalized spacial score (nSPS) is 22.4. The van der Waals surface area contributed by atoms with Crippen molar-refractivity contribution in [3.05, 3.63) is 18.6 Å². The highest BCUT2D eigenvalue weighted by Gasteiger charge is 2.34. The van der Waals surface area contributed by atoms with E-state index in [4.69, 9.17) is 5.11 Å². The average molecular weight is 350 g/mol. The molecule has 1 atom stereocenters. The van der Waals surface area contributed by atoms with E-state index in [0.29, 0.717) is 6.54 Å². The van der Waals surface area contributed by atoms with Crippen molar-refractivity contribution in [3.8, 4) is 0 Å². The van der Waals surface area contributed by atoms with Crippen LogP contribution < -0.4 is 4.90 Å². The smallest absolute Gasteiger partial charge is 0.305 e. The second kappa shape index (κ2) is 7.83. The Morgan fingerprint density at radius 3 is 2.71 bits per heavy atom. The number of nitrogens with zero attached hydrogens (tertiary/aromatic N) is 4. The van der Waals surface area contributed by atoms with Crippen molar-refractivity contribution in [2.75, 3.05) is 36.0 Å². The summed E-state index contributed by atoms with van der Waals surface area (Å²) < 4.78 is 0. The predicted molar refractivity (Wildman–Crippen MR) is 92.0 cm³/mol. The van der Waals surface area contributed by atoms with E-state index in [-0.39, 0.29) is 24.3 Å². The molecule has 3 rings (SSSR count). The summed E-state index contributed by atoms with van der Waals surface area (Å²) in [5.41, 5.74) is 0. The molecule has 0 radical (unpaired) electrons. The topological polar surface area (TPSA) is 86.6 Å².